The highest BCUT2D eigenvalue weighted by Gasteiger charge is 2.35. The van der Waals surface area contributed by atoms with E-state index in [9.17, 15) is 13.7 Å². The fraction of sp³-hybridized carbons (Fsp3) is 0.500. The molecule has 3 aliphatic rings. The lowest BCUT2D eigenvalue weighted by atomic mass is 10.0. The number of nitrogens with one attached hydrogen (secondary N) is 1. The van der Waals surface area contributed by atoms with Crippen molar-refractivity contribution >= 4 is 21.6 Å². The zero-order chi connectivity index (χ0) is 24.3. The molecule has 2 heterocycles. The van der Waals surface area contributed by atoms with Crippen LogP contribution in [0.2, 0.25) is 0 Å². The molecule has 8 nitrogen and oxygen atoms in total. The molecule has 0 bridgehead atoms. The minimum atomic E-state index is -3.60. The molecule has 0 amide bonds. The predicted molar refractivity (Wildman–Crippen MR) is 133 cm³/mol. The summed E-state index contributed by atoms with van der Waals surface area (Å²) in [6.07, 6.45) is 9.24. The van der Waals surface area contributed by atoms with Crippen molar-refractivity contribution in [3.8, 4) is 6.07 Å². The summed E-state index contributed by atoms with van der Waals surface area (Å²) in [5, 5.41) is 17.0. The Morgan fingerprint density at radius 3 is 2.54 bits per heavy atom. The summed E-state index contributed by atoms with van der Waals surface area (Å²) in [6, 6.07) is 13.5. The van der Waals surface area contributed by atoms with Crippen molar-refractivity contribution in [2.45, 2.75) is 68.4 Å². The molecule has 1 N–H and O–H groups in total. The first-order valence-corrected chi connectivity index (χ1v) is 13.9. The van der Waals surface area contributed by atoms with Crippen molar-refractivity contribution in [2.75, 3.05) is 18.4 Å². The Kier molecular flexibility index (Phi) is 7.02. The molecule has 1 aromatic heterocycles. The van der Waals surface area contributed by atoms with Crippen molar-refractivity contribution in [3.05, 3.63) is 53.7 Å². The standard InChI is InChI=1S/C26H31N5O3S/c27-17-19-4-3-5-21(16-19)26(20-8-9-20)34-30-23-12-14-31(15-13-23)35(32,33)24-10-11-25(28-18-24)29-22-6-1-2-7-22/h3-5,10-11,16,18,20,22,26H,1-2,6-9,12-15H2,(H,28,29). The number of aromatic nitrogens is 1. The summed E-state index contributed by atoms with van der Waals surface area (Å²) in [6.45, 7) is 0.731. The molecule has 0 spiro atoms. The minimum Gasteiger partial charge on any atom is -0.387 e. The van der Waals surface area contributed by atoms with Crippen molar-refractivity contribution in [2.24, 2.45) is 11.1 Å². The Hall–Kier alpha value is -2.96. The van der Waals surface area contributed by atoms with Crippen LogP contribution in [-0.2, 0) is 14.9 Å². The van der Waals surface area contributed by atoms with Crippen molar-refractivity contribution in [1.29, 1.82) is 5.26 Å². The lowest BCUT2D eigenvalue weighted by molar-refractivity contribution is 0.0409. The largest absolute Gasteiger partial charge is 0.387 e. The van der Waals surface area contributed by atoms with Crippen LogP contribution >= 0.6 is 0 Å². The zero-order valence-electron chi connectivity index (χ0n) is 19.8. The number of hydrogen-bond acceptors (Lipinski definition) is 7. The smallest absolute Gasteiger partial charge is 0.244 e. The molecule has 2 aromatic rings. The topological polar surface area (TPSA) is 108 Å². The van der Waals surface area contributed by atoms with Gasteiger partial charge in [0.05, 0.1) is 17.3 Å². The van der Waals surface area contributed by atoms with Crippen LogP contribution in [0.5, 0.6) is 0 Å². The molecule has 5 rings (SSSR count). The molecule has 1 saturated heterocycles. The minimum absolute atomic E-state index is 0.167. The van der Waals surface area contributed by atoms with Gasteiger partial charge in [0.15, 0.2) is 6.10 Å². The van der Waals surface area contributed by atoms with Gasteiger partial charge in [0.25, 0.3) is 0 Å². The number of pyridine rings is 1. The number of sulfonamides is 1. The third kappa shape index (κ3) is 5.65. The summed E-state index contributed by atoms with van der Waals surface area (Å²) < 4.78 is 27.8. The van der Waals surface area contributed by atoms with Gasteiger partial charge in [-0.3, -0.25) is 0 Å². The van der Waals surface area contributed by atoms with E-state index in [2.05, 4.69) is 21.5 Å². The molecular formula is C26H31N5O3S. The van der Waals surface area contributed by atoms with Gasteiger partial charge in [-0.25, -0.2) is 13.4 Å². The fourth-order valence-electron chi connectivity index (χ4n) is 4.86. The number of anilines is 1. The number of nitriles is 1. The van der Waals surface area contributed by atoms with E-state index in [-0.39, 0.29) is 11.0 Å². The average molecular weight is 494 g/mol. The molecule has 2 saturated carbocycles. The molecule has 1 aliphatic heterocycles. The van der Waals surface area contributed by atoms with Gasteiger partial charge in [0.2, 0.25) is 10.0 Å². The van der Waals surface area contributed by atoms with Crippen LogP contribution in [0.3, 0.4) is 0 Å². The van der Waals surface area contributed by atoms with Crippen LogP contribution in [0.1, 0.15) is 68.6 Å². The Balaban J connectivity index is 1.18. The van der Waals surface area contributed by atoms with Crippen molar-refractivity contribution < 1.29 is 13.3 Å². The quantitative estimate of drug-likeness (QED) is 0.538. The third-order valence-electron chi connectivity index (χ3n) is 7.07. The number of hydrogen-bond donors (Lipinski definition) is 1. The van der Waals surface area contributed by atoms with E-state index in [1.54, 1.807) is 18.2 Å². The Morgan fingerprint density at radius 2 is 1.89 bits per heavy atom. The third-order valence-corrected chi connectivity index (χ3v) is 8.95. The van der Waals surface area contributed by atoms with Gasteiger partial charge in [-0.2, -0.15) is 9.57 Å². The Bertz CT molecular complexity index is 1200. The molecule has 1 aromatic carbocycles. The average Bonchev–Trinajstić information content (AvgIpc) is 3.60. The van der Waals surface area contributed by atoms with E-state index in [1.165, 1.54) is 23.3 Å². The summed E-state index contributed by atoms with van der Waals surface area (Å²) >= 11 is 0. The maximum Gasteiger partial charge on any atom is 0.244 e. The van der Waals surface area contributed by atoms with Gasteiger partial charge >= 0.3 is 0 Å². The molecule has 0 radical (unpaired) electrons. The number of benzene rings is 1. The Labute approximate surface area is 207 Å². The highest BCUT2D eigenvalue weighted by molar-refractivity contribution is 7.89. The van der Waals surface area contributed by atoms with E-state index in [0.717, 1.165) is 42.8 Å². The second kappa shape index (κ2) is 10.3. The van der Waals surface area contributed by atoms with E-state index in [4.69, 9.17) is 4.84 Å². The number of nitrogens with zero attached hydrogens (tertiary/aromatic N) is 4. The summed E-state index contributed by atoms with van der Waals surface area (Å²) in [5.41, 5.74) is 2.45. The van der Waals surface area contributed by atoms with Crippen LogP contribution < -0.4 is 5.32 Å². The summed E-state index contributed by atoms with van der Waals surface area (Å²) in [4.78, 5) is 10.5. The van der Waals surface area contributed by atoms with Crippen LogP contribution in [0.15, 0.2) is 52.6 Å². The molecule has 9 heteroatoms. The van der Waals surface area contributed by atoms with Gasteiger partial charge in [-0.1, -0.05) is 30.1 Å². The second-order valence-corrected chi connectivity index (χ2v) is 11.6. The molecule has 3 fully saturated rings. The van der Waals surface area contributed by atoms with Crippen LogP contribution in [0.25, 0.3) is 0 Å². The van der Waals surface area contributed by atoms with Gasteiger partial charge in [-0.15, -0.1) is 0 Å². The van der Waals surface area contributed by atoms with Gasteiger partial charge in [0, 0.05) is 44.1 Å². The number of oxime groups is 1. The first kappa shape index (κ1) is 23.8. The van der Waals surface area contributed by atoms with Crippen LogP contribution in [0, 0.1) is 17.2 Å². The van der Waals surface area contributed by atoms with Gasteiger partial charge in [-0.05, 0) is 55.5 Å². The highest BCUT2D eigenvalue weighted by Crippen LogP contribution is 2.43. The fourth-order valence-corrected chi connectivity index (χ4v) is 6.24. The van der Waals surface area contributed by atoms with E-state index in [1.807, 2.05) is 18.2 Å². The Morgan fingerprint density at radius 1 is 1.11 bits per heavy atom. The zero-order valence-corrected chi connectivity index (χ0v) is 20.6. The number of piperidine rings is 1. The molecule has 2 aliphatic carbocycles. The number of rotatable bonds is 8. The first-order chi connectivity index (χ1) is 17.0. The van der Waals surface area contributed by atoms with Crippen molar-refractivity contribution in [3.63, 3.8) is 0 Å². The maximum absolute atomic E-state index is 13.1. The lowest BCUT2D eigenvalue weighted by Gasteiger charge is -2.27. The molecule has 184 valence electrons. The van der Waals surface area contributed by atoms with Gasteiger partial charge < -0.3 is 10.2 Å². The molecule has 1 atom stereocenters. The SMILES string of the molecule is N#Cc1cccc(C(ON=C2CCN(S(=O)(=O)c3ccc(NC4CCCC4)nc3)CC2)C2CC2)c1. The van der Waals surface area contributed by atoms with E-state index < -0.39 is 10.0 Å². The predicted octanol–water partition coefficient (Wildman–Crippen LogP) is 4.62. The monoisotopic (exact) mass is 493 g/mol. The molecule has 35 heavy (non-hydrogen) atoms. The summed E-state index contributed by atoms with van der Waals surface area (Å²) in [5.74, 6) is 1.14. The molecular weight excluding hydrogens is 462 g/mol. The van der Waals surface area contributed by atoms with Crippen LogP contribution in [0.4, 0.5) is 5.82 Å². The lowest BCUT2D eigenvalue weighted by Crippen LogP contribution is -2.38. The van der Waals surface area contributed by atoms with E-state index in [0.29, 0.717) is 43.5 Å². The van der Waals surface area contributed by atoms with E-state index >= 15 is 0 Å². The summed E-state index contributed by atoms with van der Waals surface area (Å²) in [7, 11) is -3.60. The molecule has 1 unspecified atom stereocenters. The maximum atomic E-state index is 13.1. The van der Waals surface area contributed by atoms with Gasteiger partial charge in [0.1, 0.15) is 10.7 Å². The first-order valence-electron chi connectivity index (χ1n) is 12.5. The normalized spacial score (nSPS) is 20.3. The van der Waals surface area contributed by atoms with Crippen molar-refractivity contribution in [1.82, 2.24) is 9.29 Å². The van der Waals surface area contributed by atoms with Crippen LogP contribution in [-0.4, -0.2) is 42.6 Å². The second-order valence-electron chi connectivity index (χ2n) is 9.67. The highest BCUT2D eigenvalue weighted by atomic mass is 32.2.